The Morgan fingerprint density at radius 2 is 1.59 bits per heavy atom. The Morgan fingerprint density at radius 1 is 0.870 bits per heavy atom. The number of piperidine rings is 1. The van der Waals surface area contributed by atoms with Gasteiger partial charge in [-0.1, -0.05) is 61.8 Å². The van der Waals surface area contributed by atoms with E-state index < -0.39 is 12.0 Å². The van der Waals surface area contributed by atoms with Gasteiger partial charge >= 0.3 is 6.09 Å². The summed E-state index contributed by atoms with van der Waals surface area (Å²) in [4.78, 5) is 41.0. The lowest BCUT2D eigenvalue weighted by Gasteiger charge is -2.26. The number of benzene rings is 3. The number of carbonyl (C=O) groups is 3. The highest BCUT2D eigenvalue weighted by Gasteiger charge is 2.23. The topological polar surface area (TPSA) is 99.8 Å². The van der Waals surface area contributed by atoms with Gasteiger partial charge in [-0.3, -0.25) is 14.9 Å². The number of anilines is 1. The van der Waals surface area contributed by atoms with Gasteiger partial charge < -0.3 is 20.3 Å². The molecule has 46 heavy (non-hydrogen) atoms. The minimum atomic E-state index is -0.620. The minimum Gasteiger partial charge on any atom is -0.410 e. The molecule has 2 fully saturated rings. The molecule has 3 aromatic rings. The zero-order chi connectivity index (χ0) is 32.1. The smallest absolute Gasteiger partial charge is 0.410 e. The van der Waals surface area contributed by atoms with Crippen LogP contribution in [-0.2, 0) is 4.79 Å². The van der Waals surface area contributed by atoms with Gasteiger partial charge in [-0.25, -0.2) is 4.79 Å². The molecule has 1 saturated heterocycles. The summed E-state index contributed by atoms with van der Waals surface area (Å²) in [6, 6.07) is 21.6. The lowest BCUT2D eigenvalue weighted by atomic mass is 9.92. The first kappa shape index (κ1) is 32.8. The third-order valence-electron chi connectivity index (χ3n) is 8.72. The predicted octanol–water partition coefficient (Wildman–Crippen LogP) is 6.47. The third kappa shape index (κ3) is 9.69. The lowest BCUT2D eigenvalue weighted by Crippen LogP contribution is -2.38. The highest BCUT2D eigenvalue weighted by Crippen LogP contribution is 2.25. The van der Waals surface area contributed by atoms with Gasteiger partial charge in [0.15, 0.2) is 0 Å². The molecule has 5 rings (SSSR count). The summed E-state index contributed by atoms with van der Waals surface area (Å²) in [5.41, 5.74) is 3.22. The highest BCUT2D eigenvalue weighted by atomic mass is 16.6. The predicted molar refractivity (Wildman–Crippen MR) is 181 cm³/mol. The van der Waals surface area contributed by atoms with E-state index in [0.29, 0.717) is 29.1 Å². The summed E-state index contributed by atoms with van der Waals surface area (Å²) >= 11 is 0. The van der Waals surface area contributed by atoms with Crippen molar-refractivity contribution in [1.82, 2.24) is 15.5 Å². The average Bonchev–Trinajstić information content (AvgIpc) is 3.08. The molecule has 1 aliphatic heterocycles. The first-order valence-electron chi connectivity index (χ1n) is 16.6. The van der Waals surface area contributed by atoms with Gasteiger partial charge in [0.2, 0.25) is 5.91 Å². The van der Waals surface area contributed by atoms with E-state index in [2.05, 4.69) is 32.7 Å². The fraction of sp³-hybridized carbons (Fsp3) is 0.395. The first-order chi connectivity index (χ1) is 22.4. The molecule has 1 aliphatic carbocycles. The quantitative estimate of drug-likeness (QED) is 0.238. The molecular weight excluding hydrogens is 576 g/mol. The van der Waals surface area contributed by atoms with Gasteiger partial charge in [0, 0.05) is 41.5 Å². The van der Waals surface area contributed by atoms with Crippen LogP contribution in [-0.4, -0.2) is 55.0 Å². The summed E-state index contributed by atoms with van der Waals surface area (Å²) in [6.07, 6.45) is 8.62. The number of hydrogen-bond acceptors (Lipinski definition) is 5. The lowest BCUT2D eigenvalue weighted by molar-refractivity contribution is -0.123. The molecule has 0 spiro atoms. The van der Waals surface area contributed by atoms with Crippen molar-refractivity contribution < 1.29 is 19.1 Å². The number of amides is 3. The van der Waals surface area contributed by atoms with E-state index in [9.17, 15) is 14.4 Å². The second kappa shape index (κ2) is 16.6. The van der Waals surface area contributed by atoms with E-state index in [0.717, 1.165) is 56.4 Å². The Bertz CT molecular complexity index is 1530. The van der Waals surface area contributed by atoms with Crippen molar-refractivity contribution in [3.63, 3.8) is 0 Å². The van der Waals surface area contributed by atoms with E-state index in [1.165, 1.54) is 25.7 Å². The van der Waals surface area contributed by atoms with Crippen molar-refractivity contribution >= 4 is 23.6 Å². The van der Waals surface area contributed by atoms with Crippen molar-refractivity contribution in [3.05, 3.63) is 95.1 Å². The Labute approximate surface area is 272 Å². The number of likely N-dealkylation sites (tertiary alicyclic amines) is 1. The standard InChI is InChI=1S/C38H44N4O4/c1-28(36(43)40-32-11-5-2-6-12-32)35-22-21-33(41-38(45)46-34-13-7-3-8-14-34)27-31(35)20-17-29-15-18-30(19-16-29)37(44)39-23-26-42-24-9-4-10-25-42/h3,7-8,13-16,18-19,21-22,27-28,32H,2,4-6,9-12,23-26H2,1H3,(H,39,44)(H,40,43)(H,41,45). The fourth-order valence-corrected chi connectivity index (χ4v) is 6.03. The minimum absolute atomic E-state index is 0.0326. The van der Waals surface area contributed by atoms with Crippen LogP contribution < -0.4 is 20.7 Å². The largest absolute Gasteiger partial charge is 0.417 e. The van der Waals surface area contributed by atoms with Crippen LogP contribution in [0, 0.1) is 11.8 Å². The van der Waals surface area contributed by atoms with Crippen molar-refractivity contribution in [2.75, 3.05) is 31.5 Å². The van der Waals surface area contributed by atoms with Crippen LogP contribution >= 0.6 is 0 Å². The van der Waals surface area contributed by atoms with Gasteiger partial charge in [-0.05, 0) is 99.8 Å². The molecule has 0 radical (unpaired) electrons. The van der Waals surface area contributed by atoms with Crippen molar-refractivity contribution in [1.29, 1.82) is 0 Å². The van der Waals surface area contributed by atoms with E-state index in [-0.39, 0.29) is 17.9 Å². The summed E-state index contributed by atoms with van der Waals surface area (Å²) in [5, 5.41) is 9.02. The van der Waals surface area contributed by atoms with Crippen LogP contribution in [0.5, 0.6) is 5.75 Å². The van der Waals surface area contributed by atoms with Crippen molar-refractivity contribution in [3.8, 4) is 17.6 Å². The maximum Gasteiger partial charge on any atom is 0.417 e. The Balaban J connectivity index is 1.28. The summed E-state index contributed by atoms with van der Waals surface area (Å²) < 4.78 is 5.39. The number of ether oxygens (including phenoxy) is 1. The fourth-order valence-electron chi connectivity index (χ4n) is 6.03. The molecule has 3 N–H and O–H groups in total. The van der Waals surface area contributed by atoms with E-state index in [4.69, 9.17) is 4.74 Å². The van der Waals surface area contributed by atoms with E-state index >= 15 is 0 Å². The molecule has 2 aliphatic rings. The van der Waals surface area contributed by atoms with Crippen LogP contribution in [0.15, 0.2) is 72.8 Å². The maximum atomic E-state index is 13.3. The molecule has 8 nitrogen and oxygen atoms in total. The molecule has 0 bridgehead atoms. The summed E-state index contributed by atoms with van der Waals surface area (Å²) in [5.74, 6) is 6.27. The monoisotopic (exact) mass is 620 g/mol. The van der Waals surface area contributed by atoms with Crippen LogP contribution in [0.4, 0.5) is 10.5 Å². The van der Waals surface area contributed by atoms with Gasteiger partial charge in [0.25, 0.3) is 5.91 Å². The average molecular weight is 621 g/mol. The van der Waals surface area contributed by atoms with E-state index in [1.807, 2.05) is 31.2 Å². The number of hydrogen-bond donors (Lipinski definition) is 3. The number of para-hydroxylation sites is 1. The SMILES string of the molecule is CC(C(=O)NC1CCCCC1)c1ccc(NC(=O)Oc2ccccc2)cc1C#Cc1ccc(C(=O)NCCN2CCCCC2)cc1. The molecule has 240 valence electrons. The van der Waals surface area contributed by atoms with Gasteiger partial charge in [0.1, 0.15) is 5.75 Å². The van der Waals surface area contributed by atoms with Crippen LogP contribution in [0.2, 0.25) is 0 Å². The molecule has 3 amide bonds. The first-order valence-corrected chi connectivity index (χ1v) is 16.6. The molecular formula is C38H44N4O4. The van der Waals surface area contributed by atoms with Gasteiger partial charge in [-0.15, -0.1) is 0 Å². The van der Waals surface area contributed by atoms with Crippen molar-refractivity contribution in [2.45, 2.75) is 70.3 Å². The zero-order valence-corrected chi connectivity index (χ0v) is 26.6. The van der Waals surface area contributed by atoms with Crippen LogP contribution in [0.25, 0.3) is 0 Å². The number of nitrogens with one attached hydrogen (secondary N) is 3. The molecule has 1 unspecified atom stereocenters. The van der Waals surface area contributed by atoms with Gasteiger partial charge in [0.05, 0.1) is 5.92 Å². The second-order valence-corrected chi connectivity index (χ2v) is 12.2. The molecule has 8 heteroatoms. The maximum absolute atomic E-state index is 13.3. The number of rotatable bonds is 9. The van der Waals surface area contributed by atoms with E-state index in [1.54, 1.807) is 48.5 Å². The Hall–Kier alpha value is -4.61. The highest BCUT2D eigenvalue weighted by molar-refractivity contribution is 5.94. The molecule has 1 atom stereocenters. The molecule has 3 aromatic carbocycles. The van der Waals surface area contributed by atoms with Crippen LogP contribution in [0.3, 0.4) is 0 Å². The Kier molecular flexibility index (Phi) is 11.8. The summed E-state index contributed by atoms with van der Waals surface area (Å²) in [7, 11) is 0. The number of carbonyl (C=O) groups excluding carboxylic acids is 3. The molecule has 1 saturated carbocycles. The molecule has 0 aromatic heterocycles. The Morgan fingerprint density at radius 3 is 2.33 bits per heavy atom. The molecule has 1 heterocycles. The number of nitrogens with zero attached hydrogens (tertiary/aromatic N) is 1. The summed E-state index contributed by atoms with van der Waals surface area (Å²) in [6.45, 7) is 5.58. The zero-order valence-electron chi connectivity index (χ0n) is 26.6. The van der Waals surface area contributed by atoms with Crippen molar-refractivity contribution in [2.24, 2.45) is 0 Å². The normalized spacial score (nSPS) is 15.9. The van der Waals surface area contributed by atoms with Crippen LogP contribution in [0.1, 0.15) is 91.3 Å². The second-order valence-electron chi connectivity index (χ2n) is 12.2. The third-order valence-corrected chi connectivity index (χ3v) is 8.72. The van der Waals surface area contributed by atoms with Gasteiger partial charge in [-0.2, -0.15) is 0 Å².